The predicted molar refractivity (Wildman–Crippen MR) is 100 cm³/mol. The summed E-state index contributed by atoms with van der Waals surface area (Å²) in [6, 6.07) is 0. The molecule has 0 radical (unpaired) electrons. The van der Waals surface area contributed by atoms with E-state index in [1.165, 1.54) is 38.5 Å². The quantitative estimate of drug-likeness (QED) is 0.355. The van der Waals surface area contributed by atoms with Gasteiger partial charge in [0.05, 0.1) is 5.25 Å². The first kappa shape index (κ1) is 27.1. The van der Waals surface area contributed by atoms with Gasteiger partial charge in [-0.3, -0.25) is 4.55 Å². The van der Waals surface area contributed by atoms with Crippen molar-refractivity contribution in [3.63, 3.8) is 0 Å². The summed E-state index contributed by atoms with van der Waals surface area (Å²) in [4.78, 5) is 0. The summed E-state index contributed by atoms with van der Waals surface area (Å²) in [6.45, 7) is 8.74. The molecule has 0 spiro atoms. The fourth-order valence-electron chi connectivity index (χ4n) is 3.38. The van der Waals surface area contributed by atoms with Gasteiger partial charge in [-0.1, -0.05) is 79.1 Å². The normalized spacial score (nSPS) is 15.5. The molecule has 0 aliphatic carbocycles. The molecule has 2 atom stereocenters. The van der Waals surface area contributed by atoms with Crippen LogP contribution in [-0.2, 0) is 10.1 Å². The van der Waals surface area contributed by atoms with Crippen LogP contribution in [0.25, 0.3) is 0 Å². The second kappa shape index (κ2) is 16.1. The number of hydrogen-bond donors (Lipinski definition) is 1. The Kier molecular flexibility index (Phi) is 18.2. The molecule has 140 valence electrons. The summed E-state index contributed by atoms with van der Waals surface area (Å²) < 4.78 is 33.0. The molecule has 3 nitrogen and oxygen atoms in total. The summed E-state index contributed by atoms with van der Waals surface area (Å²) in [5.74, 6) is 1.20. The van der Waals surface area contributed by atoms with Crippen molar-refractivity contribution in [2.75, 3.05) is 0 Å². The molecule has 0 aromatic heterocycles. The van der Waals surface area contributed by atoms with Crippen LogP contribution in [0.15, 0.2) is 0 Å². The largest absolute Gasteiger partial charge is 1.00 e. The first-order valence-electron chi connectivity index (χ1n) is 9.85. The number of hydrogen-bond acceptors (Lipinski definition) is 2. The summed E-state index contributed by atoms with van der Waals surface area (Å²) in [7, 11) is -3.91. The van der Waals surface area contributed by atoms with Crippen LogP contribution >= 0.6 is 0 Å². The van der Waals surface area contributed by atoms with Crippen LogP contribution in [0.5, 0.6) is 0 Å². The molecule has 0 amide bonds. The van der Waals surface area contributed by atoms with Crippen LogP contribution < -0.4 is 29.6 Å². The van der Waals surface area contributed by atoms with Crippen molar-refractivity contribution in [1.82, 2.24) is 0 Å². The fourth-order valence-corrected chi connectivity index (χ4v) is 4.24. The van der Waals surface area contributed by atoms with Crippen molar-refractivity contribution in [3.05, 3.63) is 0 Å². The summed E-state index contributed by atoms with van der Waals surface area (Å²) >= 11 is 0. The molecule has 0 bridgehead atoms. The maximum Gasteiger partial charge on any atom is 1.00 e. The van der Waals surface area contributed by atoms with E-state index in [0.717, 1.165) is 25.7 Å². The van der Waals surface area contributed by atoms with Crippen molar-refractivity contribution < 1.29 is 42.5 Å². The molecule has 24 heavy (non-hydrogen) atoms. The van der Waals surface area contributed by atoms with E-state index < -0.39 is 15.4 Å². The topological polar surface area (TPSA) is 54.4 Å². The van der Waals surface area contributed by atoms with Crippen molar-refractivity contribution in [2.24, 2.45) is 11.8 Å². The van der Waals surface area contributed by atoms with Gasteiger partial charge < -0.3 is 0 Å². The van der Waals surface area contributed by atoms with Crippen molar-refractivity contribution in [1.29, 1.82) is 0 Å². The zero-order valence-corrected chi connectivity index (χ0v) is 19.7. The van der Waals surface area contributed by atoms with Gasteiger partial charge in [0.1, 0.15) is 0 Å². The molecule has 1 N–H and O–H groups in total. The maximum atomic E-state index is 11.7. The molecule has 0 rings (SSSR count). The Bertz CT molecular complexity index is 351. The predicted octanol–water partition coefficient (Wildman–Crippen LogP) is 3.24. The second-order valence-electron chi connectivity index (χ2n) is 7.12. The van der Waals surface area contributed by atoms with Crippen LogP contribution in [0.1, 0.15) is 105 Å². The van der Waals surface area contributed by atoms with Crippen molar-refractivity contribution in [2.45, 2.75) is 110 Å². The standard InChI is InChI=1S/C19H40O3S.Na/c1-5-9-11-17(7-3)13-15-19(23(20,21)22)16-14-18(8-4)12-10-6-2;/h17-19H,5-16H2,1-4H3,(H,20,21,22);/q;+1. The molecule has 0 aliphatic rings. The fraction of sp³-hybridized carbons (Fsp3) is 1.00. The second-order valence-corrected chi connectivity index (χ2v) is 8.82. The van der Waals surface area contributed by atoms with Crippen LogP contribution in [0.4, 0.5) is 0 Å². The molecule has 0 aromatic rings. The molecule has 0 aliphatic heterocycles. The Morgan fingerprint density at radius 1 is 0.708 bits per heavy atom. The molecule has 2 unspecified atom stereocenters. The molecular formula is C19H40NaO3S+. The van der Waals surface area contributed by atoms with E-state index in [1.807, 2.05) is 0 Å². The minimum Gasteiger partial charge on any atom is -0.285 e. The third-order valence-corrected chi connectivity index (χ3v) is 6.62. The molecule has 0 saturated carbocycles. The third kappa shape index (κ3) is 13.2. The maximum absolute atomic E-state index is 11.7. The van der Waals surface area contributed by atoms with Gasteiger partial charge >= 0.3 is 29.6 Å². The minimum atomic E-state index is -3.91. The number of unbranched alkanes of at least 4 members (excludes halogenated alkanes) is 2. The molecule has 0 fully saturated rings. The summed E-state index contributed by atoms with van der Waals surface area (Å²) in [6.07, 6.45) is 12.4. The molecular weight excluding hydrogens is 331 g/mol. The first-order chi connectivity index (χ1) is 10.9. The van der Waals surface area contributed by atoms with Crippen molar-refractivity contribution in [3.8, 4) is 0 Å². The SMILES string of the molecule is CCCCC(CC)CCC(CCC(CC)CCCC)S(=O)(=O)O.[Na+]. The van der Waals surface area contributed by atoms with E-state index in [1.54, 1.807) is 0 Å². The molecule has 0 saturated heterocycles. The van der Waals surface area contributed by atoms with Gasteiger partial charge in [-0.25, -0.2) is 0 Å². The average molecular weight is 372 g/mol. The summed E-state index contributed by atoms with van der Waals surface area (Å²) in [5, 5.41) is -0.561. The van der Waals surface area contributed by atoms with Gasteiger partial charge in [0.25, 0.3) is 10.1 Å². The van der Waals surface area contributed by atoms with E-state index >= 15 is 0 Å². The molecule has 5 heteroatoms. The summed E-state index contributed by atoms with van der Waals surface area (Å²) in [5.41, 5.74) is 0. The van der Waals surface area contributed by atoms with Crippen LogP contribution in [0.2, 0.25) is 0 Å². The third-order valence-electron chi connectivity index (χ3n) is 5.30. The van der Waals surface area contributed by atoms with Gasteiger partial charge in [-0.15, -0.1) is 0 Å². The smallest absolute Gasteiger partial charge is 0.285 e. The first-order valence-corrected chi connectivity index (χ1v) is 11.3. The van der Waals surface area contributed by atoms with E-state index in [2.05, 4.69) is 27.7 Å². The Labute approximate surface area is 173 Å². The van der Waals surface area contributed by atoms with E-state index in [-0.39, 0.29) is 29.6 Å². The van der Waals surface area contributed by atoms with Gasteiger partial charge in [0.15, 0.2) is 0 Å². The Morgan fingerprint density at radius 2 is 1.08 bits per heavy atom. The van der Waals surface area contributed by atoms with E-state index in [9.17, 15) is 13.0 Å². The Morgan fingerprint density at radius 3 is 1.33 bits per heavy atom. The van der Waals surface area contributed by atoms with Crippen LogP contribution in [0.3, 0.4) is 0 Å². The monoisotopic (exact) mass is 371 g/mol. The Balaban J connectivity index is 0. The van der Waals surface area contributed by atoms with E-state index in [4.69, 9.17) is 0 Å². The van der Waals surface area contributed by atoms with E-state index in [0.29, 0.717) is 24.7 Å². The zero-order chi connectivity index (χ0) is 17.7. The van der Waals surface area contributed by atoms with Gasteiger partial charge in [-0.05, 0) is 37.5 Å². The van der Waals surface area contributed by atoms with Crippen LogP contribution in [-0.4, -0.2) is 18.2 Å². The zero-order valence-electron chi connectivity index (χ0n) is 16.9. The molecule has 0 heterocycles. The number of rotatable bonds is 15. The minimum absolute atomic E-state index is 0. The molecule has 0 aromatic carbocycles. The van der Waals surface area contributed by atoms with Gasteiger partial charge in [0.2, 0.25) is 0 Å². The van der Waals surface area contributed by atoms with Crippen LogP contribution in [0, 0.1) is 11.8 Å². The Hall–Kier alpha value is 0.910. The van der Waals surface area contributed by atoms with Gasteiger partial charge in [0, 0.05) is 0 Å². The van der Waals surface area contributed by atoms with Crippen molar-refractivity contribution >= 4 is 10.1 Å². The average Bonchev–Trinajstić information content (AvgIpc) is 2.51. The van der Waals surface area contributed by atoms with Gasteiger partial charge in [-0.2, -0.15) is 8.42 Å².